The van der Waals surface area contributed by atoms with Crippen LogP contribution in [0.1, 0.15) is 37.7 Å². The van der Waals surface area contributed by atoms with Gasteiger partial charge in [0.2, 0.25) is 5.91 Å². The van der Waals surface area contributed by atoms with Crippen LogP contribution in [0.15, 0.2) is 29.4 Å². The Kier molecular flexibility index (Phi) is 4.00. The first kappa shape index (κ1) is 13.2. The maximum Gasteiger partial charge on any atom is 0.243 e. The predicted molar refractivity (Wildman–Crippen MR) is 81.0 cm³/mol. The van der Waals surface area contributed by atoms with E-state index in [0.29, 0.717) is 0 Å². The minimum atomic E-state index is 0.0474. The smallest absolute Gasteiger partial charge is 0.243 e. The summed E-state index contributed by atoms with van der Waals surface area (Å²) in [7, 11) is 0. The second-order valence-corrected chi connectivity index (χ2v) is 5.65. The fourth-order valence-corrected chi connectivity index (χ4v) is 2.53. The molecule has 1 saturated heterocycles. The van der Waals surface area contributed by atoms with Crippen molar-refractivity contribution in [1.82, 2.24) is 5.43 Å². The molecule has 2 fully saturated rings. The number of nitrogens with zero attached hydrogens (tertiary/aromatic N) is 2. The summed E-state index contributed by atoms with van der Waals surface area (Å²) < 4.78 is 0. The van der Waals surface area contributed by atoms with E-state index in [1.165, 1.54) is 24.9 Å². The van der Waals surface area contributed by atoms with Crippen LogP contribution in [0.3, 0.4) is 0 Å². The summed E-state index contributed by atoms with van der Waals surface area (Å²) in [4.78, 5) is 13.9. The zero-order valence-corrected chi connectivity index (χ0v) is 11.7. The maximum atomic E-state index is 11.4. The summed E-state index contributed by atoms with van der Waals surface area (Å²) >= 11 is 0. The van der Waals surface area contributed by atoms with Crippen molar-refractivity contribution in [3.8, 4) is 0 Å². The molecule has 1 amide bonds. The minimum absolute atomic E-state index is 0.0474. The van der Waals surface area contributed by atoms with E-state index in [2.05, 4.69) is 39.7 Å². The molecule has 20 heavy (non-hydrogen) atoms. The molecule has 1 heterocycles. The predicted octanol–water partition coefficient (Wildman–Crippen LogP) is 2.54. The van der Waals surface area contributed by atoms with Crippen LogP contribution in [0.2, 0.25) is 0 Å². The number of benzene rings is 1. The summed E-state index contributed by atoms with van der Waals surface area (Å²) in [6.07, 6.45) is 7.65. The Labute approximate surface area is 119 Å². The van der Waals surface area contributed by atoms with E-state index in [0.717, 1.165) is 31.5 Å². The van der Waals surface area contributed by atoms with Gasteiger partial charge in [-0.3, -0.25) is 4.79 Å². The van der Waals surface area contributed by atoms with Crippen molar-refractivity contribution < 1.29 is 4.79 Å². The third kappa shape index (κ3) is 3.38. The first-order chi connectivity index (χ1) is 9.83. The lowest BCUT2D eigenvalue weighted by Crippen LogP contribution is -2.29. The van der Waals surface area contributed by atoms with E-state index in [1.807, 2.05) is 0 Å². The van der Waals surface area contributed by atoms with Gasteiger partial charge in [0.25, 0.3) is 0 Å². The molecule has 4 heteroatoms. The third-order valence-electron chi connectivity index (χ3n) is 3.95. The molecule has 4 nitrogen and oxygen atoms in total. The summed E-state index contributed by atoms with van der Waals surface area (Å²) in [5.41, 5.74) is 4.89. The standard InChI is InChI=1S/C16H21N3O/c20-16(14-6-7-14)18-17-12-13-4-8-15(9-5-13)19-10-2-1-3-11-19/h4-5,8-9,12,14H,1-3,6-7,10-11H2,(H,18,20)/b17-12+. The summed E-state index contributed by atoms with van der Waals surface area (Å²) in [5.74, 6) is 0.250. The zero-order valence-electron chi connectivity index (χ0n) is 11.7. The van der Waals surface area contributed by atoms with Crippen molar-refractivity contribution in [3.05, 3.63) is 29.8 Å². The van der Waals surface area contributed by atoms with Gasteiger partial charge in [-0.2, -0.15) is 5.10 Å². The third-order valence-corrected chi connectivity index (χ3v) is 3.95. The molecule has 1 N–H and O–H groups in total. The van der Waals surface area contributed by atoms with Gasteiger partial charge in [-0.1, -0.05) is 12.1 Å². The zero-order chi connectivity index (χ0) is 13.8. The van der Waals surface area contributed by atoms with Crippen LogP contribution in [-0.4, -0.2) is 25.2 Å². The Hall–Kier alpha value is -1.84. The Balaban J connectivity index is 1.54. The molecule has 106 valence electrons. The fraction of sp³-hybridized carbons (Fsp3) is 0.500. The molecule has 1 aromatic carbocycles. The molecule has 0 atom stereocenters. The van der Waals surface area contributed by atoms with Gasteiger partial charge in [0.1, 0.15) is 0 Å². The first-order valence-electron chi connectivity index (χ1n) is 7.51. The van der Waals surface area contributed by atoms with Gasteiger partial charge in [0.05, 0.1) is 6.21 Å². The molecule has 0 bridgehead atoms. The van der Waals surface area contributed by atoms with Crippen molar-refractivity contribution in [2.75, 3.05) is 18.0 Å². The van der Waals surface area contributed by atoms with Crippen LogP contribution in [-0.2, 0) is 4.79 Å². The Bertz CT molecular complexity index is 485. The molecule has 1 aliphatic carbocycles. The van der Waals surface area contributed by atoms with Gasteiger partial charge in [-0.05, 0) is 49.8 Å². The molecule has 0 radical (unpaired) electrons. The molecular weight excluding hydrogens is 250 g/mol. The minimum Gasteiger partial charge on any atom is -0.372 e. The lowest BCUT2D eigenvalue weighted by Gasteiger charge is -2.28. The Morgan fingerprint density at radius 2 is 1.85 bits per heavy atom. The average Bonchev–Trinajstić information content (AvgIpc) is 3.33. The number of carbonyl (C=O) groups is 1. The Morgan fingerprint density at radius 3 is 2.50 bits per heavy atom. The number of hydrazone groups is 1. The largest absolute Gasteiger partial charge is 0.372 e. The van der Waals surface area contributed by atoms with Gasteiger partial charge < -0.3 is 4.90 Å². The van der Waals surface area contributed by atoms with E-state index in [9.17, 15) is 4.79 Å². The molecule has 1 saturated carbocycles. The maximum absolute atomic E-state index is 11.4. The van der Waals surface area contributed by atoms with Gasteiger partial charge in [0.15, 0.2) is 0 Å². The molecule has 0 spiro atoms. The van der Waals surface area contributed by atoms with Crippen molar-refractivity contribution in [2.24, 2.45) is 11.0 Å². The number of hydrogen-bond acceptors (Lipinski definition) is 3. The van der Waals surface area contributed by atoms with E-state index in [4.69, 9.17) is 0 Å². The summed E-state index contributed by atoms with van der Waals surface area (Å²) in [6, 6.07) is 8.37. The monoisotopic (exact) mass is 271 g/mol. The molecule has 1 aromatic rings. The second kappa shape index (κ2) is 6.07. The number of piperidine rings is 1. The van der Waals surface area contributed by atoms with Crippen LogP contribution in [0.5, 0.6) is 0 Å². The normalized spacial score (nSPS) is 19.3. The van der Waals surface area contributed by atoms with Crippen LogP contribution >= 0.6 is 0 Å². The van der Waals surface area contributed by atoms with Crippen LogP contribution < -0.4 is 10.3 Å². The molecule has 0 unspecified atom stereocenters. The lowest BCUT2D eigenvalue weighted by molar-refractivity contribution is -0.122. The fourth-order valence-electron chi connectivity index (χ4n) is 2.53. The number of nitrogens with one attached hydrogen (secondary N) is 1. The number of rotatable bonds is 4. The SMILES string of the molecule is O=C(N/N=C/c1ccc(N2CCCCC2)cc1)C1CC1. The lowest BCUT2D eigenvalue weighted by atomic mass is 10.1. The molecule has 1 aliphatic heterocycles. The van der Waals surface area contributed by atoms with Crippen LogP contribution in [0.4, 0.5) is 5.69 Å². The van der Waals surface area contributed by atoms with E-state index >= 15 is 0 Å². The highest BCUT2D eigenvalue weighted by Gasteiger charge is 2.29. The van der Waals surface area contributed by atoms with Crippen molar-refractivity contribution in [2.45, 2.75) is 32.1 Å². The molecule has 3 rings (SSSR count). The van der Waals surface area contributed by atoms with Gasteiger partial charge in [0, 0.05) is 24.7 Å². The second-order valence-electron chi connectivity index (χ2n) is 5.65. The Morgan fingerprint density at radius 1 is 1.15 bits per heavy atom. The highest BCUT2D eigenvalue weighted by Crippen LogP contribution is 2.28. The van der Waals surface area contributed by atoms with Crippen LogP contribution in [0, 0.1) is 5.92 Å². The highest BCUT2D eigenvalue weighted by atomic mass is 16.2. The van der Waals surface area contributed by atoms with Gasteiger partial charge in [-0.25, -0.2) is 5.43 Å². The number of anilines is 1. The molecule has 2 aliphatic rings. The average molecular weight is 271 g/mol. The summed E-state index contributed by atoms with van der Waals surface area (Å²) in [6.45, 7) is 2.32. The van der Waals surface area contributed by atoms with Gasteiger partial charge >= 0.3 is 0 Å². The molecule has 0 aromatic heterocycles. The first-order valence-corrected chi connectivity index (χ1v) is 7.51. The summed E-state index contributed by atoms with van der Waals surface area (Å²) in [5, 5.41) is 4.01. The van der Waals surface area contributed by atoms with Gasteiger partial charge in [-0.15, -0.1) is 0 Å². The highest BCUT2D eigenvalue weighted by molar-refractivity contribution is 5.84. The quantitative estimate of drug-likeness (QED) is 0.675. The number of carbonyl (C=O) groups excluding carboxylic acids is 1. The van der Waals surface area contributed by atoms with E-state index in [1.54, 1.807) is 6.21 Å². The molecular formula is C16H21N3O. The van der Waals surface area contributed by atoms with Crippen molar-refractivity contribution in [1.29, 1.82) is 0 Å². The van der Waals surface area contributed by atoms with E-state index < -0.39 is 0 Å². The number of amides is 1. The van der Waals surface area contributed by atoms with Crippen molar-refractivity contribution in [3.63, 3.8) is 0 Å². The number of hydrogen-bond donors (Lipinski definition) is 1. The van der Waals surface area contributed by atoms with Crippen molar-refractivity contribution >= 4 is 17.8 Å². The van der Waals surface area contributed by atoms with Crippen LogP contribution in [0.25, 0.3) is 0 Å². The topological polar surface area (TPSA) is 44.7 Å². The van der Waals surface area contributed by atoms with E-state index in [-0.39, 0.29) is 11.8 Å².